The Hall–Kier alpha value is -1.93. The Balaban J connectivity index is 2.19. The van der Waals surface area contributed by atoms with Crippen LogP contribution in [0.5, 0.6) is 0 Å². The molecule has 0 bridgehead atoms. The third-order valence-corrected chi connectivity index (χ3v) is 3.77. The van der Waals surface area contributed by atoms with Gasteiger partial charge in [0.15, 0.2) is 0 Å². The van der Waals surface area contributed by atoms with Gasteiger partial charge in [0.25, 0.3) is 0 Å². The van der Waals surface area contributed by atoms with Crippen LogP contribution in [0, 0.1) is 0 Å². The van der Waals surface area contributed by atoms with Crippen molar-refractivity contribution in [1.82, 2.24) is 14.9 Å². The first-order valence-electron chi connectivity index (χ1n) is 5.71. The van der Waals surface area contributed by atoms with Crippen LogP contribution >= 0.6 is 0 Å². The molecule has 0 fully saturated rings. The second kappa shape index (κ2) is 5.81. The van der Waals surface area contributed by atoms with E-state index in [-0.39, 0.29) is 11.4 Å². The van der Waals surface area contributed by atoms with Gasteiger partial charge in [-0.3, -0.25) is 0 Å². The molecule has 2 rings (SSSR count). The molecule has 0 unspecified atom stereocenters. The number of hydrogen-bond acceptors (Lipinski definition) is 6. The molecule has 0 saturated heterocycles. The Labute approximate surface area is 111 Å². The Morgan fingerprint density at radius 2 is 2.21 bits per heavy atom. The van der Waals surface area contributed by atoms with Gasteiger partial charge in [0.1, 0.15) is 17.0 Å². The van der Waals surface area contributed by atoms with Gasteiger partial charge in [-0.05, 0) is 19.1 Å². The van der Waals surface area contributed by atoms with Crippen molar-refractivity contribution in [2.24, 2.45) is 0 Å². The summed E-state index contributed by atoms with van der Waals surface area (Å²) < 4.78 is 31.4. The summed E-state index contributed by atoms with van der Waals surface area (Å²) in [6, 6.07) is 4.67. The van der Waals surface area contributed by atoms with Crippen molar-refractivity contribution in [2.75, 3.05) is 11.9 Å². The second-order valence-corrected chi connectivity index (χ2v) is 5.43. The minimum atomic E-state index is -3.65. The van der Waals surface area contributed by atoms with E-state index in [1.54, 1.807) is 12.1 Å². The lowest BCUT2D eigenvalue weighted by atomic mass is 10.4. The van der Waals surface area contributed by atoms with Gasteiger partial charge >= 0.3 is 0 Å². The molecule has 2 aromatic rings. The van der Waals surface area contributed by atoms with E-state index >= 15 is 0 Å². The van der Waals surface area contributed by atoms with Crippen molar-refractivity contribution < 1.29 is 12.9 Å². The first-order valence-corrected chi connectivity index (χ1v) is 7.19. The Kier molecular flexibility index (Phi) is 4.13. The van der Waals surface area contributed by atoms with Gasteiger partial charge in [0.05, 0.1) is 12.2 Å². The van der Waals surface area contributed by atoms with Crippen LogP contribution in [-0.2, 0) is 16.6 Å². The SMILES string of the molecule is CCNc1ncccc1S(=O)(=O)NCc1ccon1. The first kappa shape index (κ1) is 13.5. The molecule has 7 nitrogen and oxygen atoms in total. The highest BCUT2D eigenvalue weighted by molar-refractivity contribution is 7.89. The number of anilines is 1. The molecule has 0 aliphatic carbocycles. The first-order chi connectivity index (χ1) is 9.13. The topological polar surface area (TPSA) is 97.1 Å². The quantitative estimate of drug-likeness (QED) is 0.819. The van der Waals surface area contributed by atoms with Crippen molar-refractivity contribution in [3.8, 4) is 0 Å². The van der Waals surface area contributed by atoms with Crippen molar-refractivity contribution in [3.63, 3.8) is 0 Å². The fourth-order valence-corrected chi connectivity index (χ4v) is 2.61. The van der Waals surface area contributed by atoms with Gasteiger partial charge in [-0.15, -0.1) is 0 Å². The smallest absolute Gasteiger partial charge is 0.244 e. The van der Waals surface area contributed by atoms with E-state index in [9.17, 15) is 8.42 Å². The van der Waals surface area contributed by atoms with Crippen LogP contribution in [0.4, 0.5) is 5.82 Å². The molecule has 0 atom stereocenters. The summed E-state index contributed by atoms with van der Waals surface area (Å²) in [6.45, 7) is 2.52. The molecule has 19 heavy (non-hydrogen) atoms. The number of rotatable bonds is 6. The number of hydrogen-bond donors (Lipinski definition) is 2. The van der Waals surface area contributed by atoms with Crippen molar-refractivity contribution in [3.05, 3.63) is 36.4 Å². The summed E-state index contributed by atoms with van der Waals surface area (Å²) >= 11 is 0. The van der Waals surface area contributed by atoms with Crippen molar-refractivity contribution in [1.29, 1.82) is 0 Å². The molecular weight excluding hydrogens is 268 g/mol. The highest BCUT2D eigenvalue weighted by Gasteiger charge is 2.19. The third kappa shape index (κ3) is 3.30. The fourth-order valence-electron chi connectivity index (χ4n) is 1.48. The van der Waals surface area contributed by atoms with Crippen molar-refractivity contribution in [2.45, 2.75) is 18.4 Å². The van der Waals surface area contributed by atoms with E-state index in [0.717, 1.165) is 0 Å². The Bertz CT molecular complexity index is 625. The number of pyridine rings is 1. The van der Waals surface area contributed by atoms with Gasteiger partial charge in [-0.1, -0.05) is 5.16 Å². The fraction of sp³-hybridized carbons (Fsp3) is 0.273. The third-order valence-electron chi connectivity index (χ3n) is 2.34. The highest BCUT2D eigenvalue weighted by Crippen LogP contribution is 2.17. The zero-order valence-corrected chi connectivity index (χ0v) is 11.1. The average Bonchev–Trinajstić information content (AvgIpc) is 2.91. The van der Waals surface area contributed by atoms with Crippen molar-refractivity contribution >= 4 is 15.8 Å². The summed E-state index contributed by atoms with van der Waals surface area (Å²) in [6.07, 6.45) is 2.92. The maximum absolute atomic E-state index is 12.2. The van der Waals surface area contributed by atoms with E-state index in [1.807, 2.05) is 6.92 Å². The summed E-state index contributed by atoms with van der Waals surface area (Å²) in [5, 5.41) is 6.55. The van der Waals surface area contributed by atoms with Gasteiger partial charge < -0.3 is 9.84 Å². The second-order valence-electron chi connectivity index (χ2n) is 3.70. The zero-order chi connectivity index (χ0) is 13.7. The normalized spacial score (nSPS) is 11.4. The monoisotopic (exact) mass is 282 g/mol. The maximum atomic E-state index is 12.2. The zero-order valence-electron chi connectivity index (χ0n) is 10.3. The number of nitrogens with one attached hydrogen (secondary N) is 2. The summed E-state index contributed by atoms with van der Waals surface area (Å²) in [5.41, 5.74) is 0.512. The van der Waals surface area contributed by atoms with E-state index in [4.69, 9.17) is 0 Å². The van der Waals surface area contributed by atoms with E-state index in [0.29, 0.717) is 18.1 Å². The van der Waals surface area contributed by atoms with Gasteiger partial charge in [-0.2, -0.15) is 0 Å². The number of aromatic nitrogens is 2. The molecule has 0 aliphatic heterocycles. The summed E-state index contributed by atoms with van der Waals surface area (Å²) in [4.78, 5) is 4.13. The lowest BCUT2D eigenvalue weighted by molar-refractivity contribution is 0.411. The lowest BCUT2D eigenvalue weighted by Crippen LogP contribution is -2.24. The van der Waals surface area contributed by atoms with Gasteiger partial charge in [0, 0.05) is 18.8 Å². The molecule has 0 aromatic carbocycles. The number of sulfonamides is 1. The molecule has 102 valence electrons. The standard InChI is InChI=1S/C11H14N4O3S/c1-2-12-11-10(4-3-6-13-11)19(16,17)14-8-9-5-7-18-15-9/h3-7,14H,2,8H2,1H3,(H,12,13). The van der Waals surface area contributed by atoms with E-state index in [2.05, 4.69) is 24.7 Å². The lowest BCUT2D eigenvalue weighted by Gasteiger charge is -2.10. The molecule has 0 spiro atoms. The van der Waals surface area contributed by atoms with Crippen LogP contribution in [0.2, 0.25) is 0 Å². The molecule has 8 heteroatoms. The predicted octanol–water partition coefficient (Wildman–Crippen LogP) is 0.980. The van der Waals surface area contributed by atoms with Crippen LogP contribution in [-0.4, -0.2) is 25.1 Å². The van der Waals surface area contributed by atoms with E-state index in [1.165, 1.54) is 18.5 Å². The largest absolute Gasteiger partial charge is 0.369 e. The molecule has 0 aliphatic rings. The van der Waals surface area contributed by atoms with Crippen LogP contribution in [0.3, 0.4) is 0 Å². The molecule has 0 saturated carbocycles. The average molecular weight is 282 g/mol. The Morgan fingerprint density at radius 3 is 2.89 bits per heavy atom. The minimum Gasteiger partial charge on any atom is -0.369 e. The predicted molar refractivity (Wildman–Crippen MR) is 68.9 cm³/mol. The molecule has 0 radical (unpaired) electrons. The van der Waals surface area contributed by atoms with Crippen LogP contribution in [0.1, 0.15) is 12.6 Å². The Morgan fingerprint density at radius 1 is 1.37 bits per heavy atom. The summed E-state index contributed by atoms with van der Waals surface area (Å²) in [5.74, 6) is 0.331. The molecule has 2 N–H and O–H groups in total. The molecule has 0 amide bonds. The molecule has 2 heterocycles. The van der Waals surface area contributed by atoms with E-state index < -0.39 is 10.0 Å². The number of nitrogens with zero attached hydrogens (tertiary/aromatic N) is 2. The van der Waals surface area contributed by atoms with Gasteiger partial charge in [0.2, 0.25) is 10.0 Å². The molecular formula is C11H14N4O3S. The maximum Gasteiger partial charge on any atom is 0.244 e. The van der Waals surface area contributed by atoms with Crippen LogP contribution < -0.4 is 10.0 Å². The van der Waals surface area contributed by atoms with Crippen LogP contribution in [0.15, 0.2) is 40.1 Å². The van der Waals surface area contributed by atoms with Gasteiger partial charge in [-0.25, -0.2) is 18.1 Å². The summed E-state index contributed by atoms with van der Waals surface area (Å²) in [7, 11) is -3.65. The van der Waals surface area contributed by atoms with Crippen LogP contribution in [0.25, 0.3) is 0 Å². The highest BCUT2D eigenvalue weighted by atomic mass is 32.2. The molecule has 2 aromatic heterocycles. The minimum absolute atomic E-state index is 0.0687.